The number of carbonyl (C=O) groups is 2. The summed E-state index contributed by atoms with van der Waals surface area (Å²) in [5.41, 5.74) is 0.463. The maximum absolute atomic E-state index is 11.8. The first-order valence-electron chi connectivity index (χ1n) is 5.02. The third-order valence-corrected chi connectivity index (χ3v) is 2.41. The Morgan fingerprint density at radius 2 is 1.88 bits per heavy atom. The van der Waals surface area contributed by atoms with Gasteiger partial charge in [0.2, 0.25) is 0 Å². The van der Waals surface area contributed by atoms with E-state index in [1.165, 1.54) is 6.92 Å². The lowest BCUT2D eigenvalue weighted by Gasteiger charge is -2.09. The van der Waals surface area contributed by atoms with Gasteiger partial charge in [0.15, 0.2) is 5.78 Å². The van der Waals surface area contributed by atoms with E-state index in [-0.39, 0.29) is 12.4 Å². The maximum Gasteiger partial charge on any atom is 0.316 e. The van der Waals surface area contributed by atoms with Crippen LogP contribution in [0.5, 0.6) is 0 Å². The highest BCUT2D eigenvalue weighted by molar-refractivity contribution is 6.30. The summed E-state index contributed by atoms with van der Waals surface area (Å²) < 4.78 is 4.78. The van der Waals surface area contributed by atoms with Crippen LogP contribution in [0.25, 0.3) is 0 Å². The van der Waals surface area contributed by atoms with E-state index in [2.05, 4.69) is 0 Å². The number of halogens is 1. The molecule has 4 heteroatoms. The Hall–Kier alpha value is -1.35. The molecule has 1 aromatic rings. The number of ketones is 1. The van der Waals surface area contributed by atoms with E-state index < -0.39 is 11.9 Å². The third kappa shape index (κ3) is 3.07. The zero-order chi connectivity index (χ0) is 12.1. The monoisotopic (exact) mass is 240 g/mol. The molecule has 0 N–H and O–H groups in total. The number of esters is 1. The van der Waals surface area contributed by atoms with Gasteiger partial charge in [0.05, 0.1) is 6.61 Å². The van der Waals surface area contributed by atoms with Crippen molar-refractivity contribution in [3.05, 3.63) is 34.9 Å². The molecule has 1 aromatic carbocycles. The SMILES string of the molecule is CCOC(=O)[C@@H](C)C(=O)c1ccc(Cl)cc1. The number of benzene rings is 1. The van der Waals surface area contributed by atoms with Crippen LogP contribution in [-0.4, -0.2) is 18.4 Å². The Balaban J connectivity index is 2.78. The van der Waals surface area contributed by atoms with Crippen LogP contribution in [0.3, 0.4) is 0 Å². The summed E-state index contributed by atoms with van der Waals surface area (Å²) >= 11 is 5.71. The van der Waals surface area contributed by atoms with Gasteiger partial charge in [-0.05, 0) is 38.1 Å². The lowest BCUT2D eigenvalue weighted by molar-refractivity contribution is -0.145. The van der Waals surface area contributed by atoms with E-state index in [1.807, 2.05) is 0 Å². The van der Waals surface area contributed by atoms with Crippen LogP contribution in [0.1, 0.15) is 24.2 Å². The van der Waals surface area contributed by atoms with Crippen molar-refractivity contribution in [2.45, 2.75) is 13.8 Å². The molecule has 0 saturated heterocycles. The summed E-state index contributed by atoms with van der Waals surface area (Å²) in [7, 11) is 0. The van der Waals surface area contributed by atoms with Gasteiger partial charge in [0, 0.05) is 10.6 Å². The minimum absolute atomic E-state index is 0.255. The lowest BCUT2D eigenvalue weighted by Crippen LogP contribution is -2.23. The molecule has 0 fully saturated rings. The molecular formula is C12H13ClO3. The molecule has 1 atom stereocenters. The number of hydrogen-bond acceptors (Lipinski definition) is 3. The fourth-order valence-corrected chi connectivity index (χ4v) is 1.36. The predicted octanol–water partition coefficient (Wildman–Crippen LogP) is 2.72. The van der Waals surface area contributed by atoms with Gasteiger partial charge >= 0.3 is 5.97 Å². The highest BCUT2D eigenvalue weighted by Gasteiger charge is 2.23. The van der Waals surface area contributed by atoms with Crippen LogP contribution < -0.4 is 0 Å². The predicted molar refractivity (Wildman–Crippen MR) is 61.6 cm³/mol. The molecule has 0 aliphatic carbocycles. The Morgan fingerprint density at radius 3 is 2.38 bits per heavy atom. The van der Waals surface area contributed by atoms with Crippen molar-refractivity contribution >= 4 is 23.4 Å². The van der Waals surface area contributed by atoms with Crippen LogP contribution in [0, 0.1) is 5.92 Å². The molecule has 0 spiro atoms. The van der Waals surface area contributed by atoms with Crippen molar-refractivity contribution in [3.8, 4) is 0 Å². The molecule has 0 aliphatic rings. The molecule has 0 aromatic heterocycles. The fraction of sp³-hybridized carbons (Fsp3) is 0.333. The molecule has 16 heavy (non-hydrogen) atoms. The third-order valence-electron chi connectivity index (χ3n) is 2.16. The highest BCUT2D eigenvalue weighted by atomic mass is 35.5. The Morgan fingerprint density at radius 1 is 1.31 bits per heavy atom. The summed E-state index contributed by atoms with van der Waals surface area (Å²) in [6, 6.07) is 6.43. The molecule has 0 saturated carbocycles. The number of carbonyl (C=O) groups excluding carboxylic acids is 2. The Bertz CT molecular complexity index is 384. The molecule has 0 amide bonds. The van der Waals surface area contributed by atoms with Crippen LogP contribution in [0.15, 0.2) is 24.3 Å². The van der Waals surface area contributed by atoms with E-state index in [0.717, 1.165) is 0 Å². The van der Waals surface area contributed by atoms with Gasteiger partial charge in [-0.2, -0.15) is 0 Å². The summed E-state index contributed by atoms with van der Waals surface area (Å²) in [5, 5.41) is 0.556. The molecule has 0 aliphatic heterocycles. The lowest BCUT2D eigenvalue weighted by atomic mass is 10.00. The van der Waals surface area contributed by atoms with Crippen LogP contribution in [0.2, 0.25) is 5.02 Å². The molecule has 0 unspecified atom stereocenters. The summed E-state index contributed by atoms with van der Waals surface area (Å²) in [6.07, 6.45) is 0. The smallest absolute Gasteiger partial charge is 0.316 e. The molecular weight excluding hydrogens is 228 g/mol. The second kappa shape index (κ2) is 5.66. The zero-order valence-corrected chi connectivity index (χ0v) is 9.95. The van der Waals surface area contributed by atoms with E-state index in [9.17, 15) is 9.59 Å². The molecule has 1 rings (SSSR count). The minimum atomic E-state index is -0.777. The number of hydrogen-bond donors (Lipinski definition) is 0. The van der Waals surface area contributed by atoms with E-state index in [1.54, 1.807) is 31.2 Å². The van der Waals surface area contributed by atoms with Gasteiger partial charge < -0.3 is 4.74 Å². The van der Waals surface area contributed by atoms with Crippen LogP contribution >= 0.6 is 11.6 Å². The van der Waals surface area contributed by atoms with Gasteiger partial charge in [0.25, 0.3) is 0 Å². The van der Waals surface area contributed by atoms with E-state index in [0.29, 0.717) is 10.6 Å². The van der Waals surface area contributed by atoms with Crippen molar-refractivity contribution in [1.82, 2.24) is 0 Å². The van der Waals surface area contributed by atoms with Gasteiger partial charge in [-0.1, -0.05) is 11.6 Å². The van der Waals surface area contributed by atoms with Crippen molar-refractivity contribution < 1.29 is 14.3 Å². The average molecular weight is 241 g/mol. The Kier molecular flexibility index (Phi) is 4.50. The van der Waals surface area contributed by atoms with Gasteiger partial charge in [-0.15, -0.1) is 0 Å². The fourth-order valence-electron chi connectivity index (χ4n) is 1.24. The summed E-state index contributed by atoms with van der Waals surface area (Å²) in [6.45, 7) is 3.52. The highest BCUT2D eigenvalue weighted by Crippen LogP contribution is 2.14. The van der Waals surface area contributed by atoms with E-state index >= 15 is 0 Å². The van der Waals surface area contributed by atoms with Crippen LogP contribution in [-0.2, 0) is 9.53 Å². The molecule has 0 radical (unpaired) electrons. The number of ether oxygens (including phenoxy) is 1. The second-order valence-corrected chi connectivity index (χ2v) is 3.78. The van der Waals surface area contributed by atoms with Crippen molar-refractivity contribution in [2.75, 3.05) is 6.61 Å². The normalized spacial score (nSPS) is 11.9. The maximum atomic E-state index is 11.8. The average Bonchev–Trinajstić information content (AvgIpc) is 2.28. The molecule has 0 heterocycles. The van der Waals surface area contributed by atoms with Crippen LogP contribution in [0.4, 0.5) is 0 Å². The van der Waals surface area contributed by atoms with Gasteiger partial charge in [-0.25, -0.2) is 0 Å². The zero-order valence-electron chi connectivity index (χ0n) is 9.20. The first-order valence-corrected chi connectivity index (χ1v) is 5.40. The standard InChI is InChI=1S/C12H13ClO3/c1-3-16-12(15)8(2)11(14)9-4-6-10(13)7-5-9/h4-8H,3H2,1-2H3/t8-/m0/s1. The van der Waals surface area contributed by atoms with Gasteiger partial charge in [-0.3, -0.25) is 9.59 Å². The topological polar surface area (TPSA) is 43.4 Å². The van der Waals surface area contributed by atoms with Gasteiger partial charge in [0.1, 0.15) is 5.92 Å². The number of rotatable bonds is 4. The summed E-state index contributed by atoms with van der Waals surface area (Å²) in [5.74, 6) is -1.53. The first-order chi connectivity index (χ1) is 7.56. The molecule has 3 nitrogen and oxygen atoms in total. The van der Waals surface area contributed by atoms with Crippen molar-refractivity contribution in [1.29, 1.82) is 0 Å². The number of Topliss-reactive ketones (excluding diaryl/α,β-unsaturated/α-hetero) is 1. The van der Waals surface area contributed by atoms with E-state index in [4.69, 9.17) is 16.3 Å². The quantitative estimate of drug-likeness (QED) is 0.462. The largest absolute Gasteiger partial charge is 0.465 e. The summed E-state index contributed by atoms with van der Waals surface area (Å²) in [4.78, 5) is 23.2. The first kappa shape index (κ1) is 12.7. The molecule has 86 valence electrons. The molecule has 0 bridgehead atoms. The second-order valence-electron chi connectivity index (χ2n) is 3.34. The Labute approximate surface area is 99.4 Å². The van der Waals surface area contributed by atoms with Crippen molar-refractivity contribution in [3.63, 3.8) is 0 Å². The minimum Gasteiger partial charge on any atom is -0.465 e. The van der Waals surface area contributed by atoms with Crippen molar-refractivity contribution in [2.24, 2.45) is 5.92 Å².